The summed E-state index contributed by atoms with van der Waals surface area (Å²) < 4.78 is 32.8. The van der Waals surface area contributed by atoms with Crippen molar-refractivity contribution in [1.82, 2.24) is 0 Å². The van der Waals surface area contributed by atoms with E-state index < -0.39 is 5.97 Å². The van der Waals surface area contributed by atoms with E-state index in [1.165, 1.54) is 24.3 Å². The molecule has 0 aliphatic carbocycles. The number of halogens is 3. The van der Waals surface area contributed by atoms with E-state index in [1.54, 1.807) is 48.2 Å². The smallest absolute Gasteiger partial charge is 0.341 e. The van der Waals surface area contributed by atoms with Crippen molar-refractivity contribution in [2.45, 2.75) is 4.90 Å². The lowest BCUT2D eigenvalue weighted by Crippen LogP contribution is -2.09. The number of hydrogen-bond donors (Lipinski definition) is 1. The predicted molar refractivity (Wildman–Crippen MR) is 123 cm³/mol. The zero-order valence-corrected chi connectivity index (χ0v) is 18.6. The summed E-state index contributed by atoms with van der Waals surface area (Å²) in [6.45, 7) is -0.385. The fourth-order valence-corrected chi connectivity index (χ4v) is 4.45. The molecule has 0 fully saturated rings. The van der Waals surface area contributed by atoms with Crippen LogP contribution in [0.4, 0.5) is 8.78 Å². The Morgan fingerprint density at radius 3 is 2.03 bits per heavy atom. The quantitative estimate of drug-likeness (QED) is 0.272. The molecule has 0 unspecified atom stereocenters. The molecule has 0 aliphatic rings. The molecule has 0 aromatic heterocycles. The fraction of sp³-hybridized carbons (Fsp3) is 0.0870. The van der Waals surface area contributed by atoms with Crippen LogP contribution in [0, 0.1) is 15.2 Å². The van der Waals surface area contributed by atoms with Gasteiger partial charge in [-0.2, -0.15) is 0 Å². The van der Waals surface area contributed by atoms with Crippen molar-refractivity contribution < 1.29 is 23.4 Å². The molecule has 0 radical (unpaired) electrons. The summed E-state index contributed by atoms with van der Waals surface area (Å²) in [6, 6.07) is 17.8. The van der Waals surface area contributed by atoms with Crippen LogP contribution >= 0.6 is 34.4 Å². The van der Waals surface area contributed by atoms with E-state index in [-0.39, 0.29) is 18.2 Å². The molecule has 30 heavy (non-hydrogen) atoms. The molecule has 3 nitrogen and oxygen atoms in total. The molecule has 154 valence electrons. The van der Waals surface area contributed by atoms with Crippen LogP contribution in [0.25, 0.3) is 5.57 Å². The van der Waals surface area contributed by atoms with Gasteiger partial charge < -0.3 is 9.84 Å². The minimum atomic E-state index is -1.03. The highest BCUT2D eigenvalue weighted by Gasteiger charge is 2.08. The predicted octanol–water partition coefficient (Wildman–Crippen LogP) is 6.26. The number of ether oxygens (including phenoxy) is 1. The highest BCUT2D eigenvalue weighted by atomic mass is 127. The zero-order chi connectivity index (χ0) is 21.5. The van der Waals surface area contributed by atoms with Gasteiger partial charge in [-0.1, -0.05) is 30.3 Å². The molecule has 0 heterocycles. The van der Waals surface area contributed by atoms with E-state index in [9.17, 15) is 13.6 Å². The first-order valence-electron chi connectivity index (χ1n) is 8.91. The monoisotopic (exact) mass is 538 g/mol. The Balaban J connectivity index is 1.78. The number of carbonyl (C=O) groups is 1. The summed E-state index contributed by atoms with van der Waals surface area (Å²) in [5.74, 6) is -0.518. The van der Waals surface area contributed by atoms with Crippen molar-refractivity contribution in [3.8, 4) is 5.75 Å². The van der Waals surface area contributed by atoms with Crippen molar-refractivity contribution >= 4 is 45.9 Å². The Morgan fingerprint density at radius 2 is 1.53 bits per heavy atom. The normalized spacial score (nSPS) is 10.5. The number of carboxylic acids is 1. The molecule has 0 saturated carbocycles. The number of benzene rings is 3. The Hall–Kier alpha value is -2.39. The van der Waals surface area contributed by atoms with Gasteiger partial charge in [0.2, 0.25) is 0 Å². The zero-order valence-electron chi connectivity index (χ0n) is 15.6. The van der Waals surface area contributed by atoms with Gasteiger partial charge in [-0.3, -0.25) is 0 Å². The molecule has 0 saturated heterocycles. The second kappa shape index (κ2) is 10.6. The van der Waals surface area contributed by atoms with Crippen LogP contribution in [0.15, 0.2) is 77.7 Å². The summed E-state index contributed by atoms with van der Waals surface area (Å²) in [5, 5.41) is 8.71. The summed E-state index contributed by atoms with van der Waals surface area (Å²) in [7, 11) is 0. The Kier molecular flexibility index (Phi) is 7.87. The molecule has 0 atom stereocenters. The largest absolute Gasteiger partial charge is 0.482 e. The third-order valence-corrected chi connectivity index (χ3v) is 6.36. The van der Waals surface area contributed by atoms with Gasteiger partial charge in [-0.15, -0.1) is 11.8 Å². The lowest BCUT2D eigenvalue weighted by Gasteiger charge is -2.10. The molecular formula is C23H17F2IO3S. The minimum absolute atomic E-state index is 0.314. The molecule has 0 bridgehead atoms. The summed E-state index contributed by atoms with van der Waals surface area (Å²) in [4.78, 5) is 11.6. The van der Waals surface area contributed by atoms with Crippen molar-refractivity contribution in [1.29, 1.82) is 0 Å². The van der Waals surface area contributed by atoms with Gasteiger partial charge in [-0.05, 0) is 81.8 Å². The number of hydrogen-bond acceptors (Lipinski definition) is 3. The van der Waals surface area contributed by atoms with E-state index in [0.29, 0.717) is 11.5 Å². The van der Waals surface area contributed by atoms with E-state index in [4.69, 9.17) is 9.84 Å². The minimum Gasteiger partial charge on any atom is -0.482 e. The number of carboxylic acid groups (broad SMARTS) is 1. The maximum Gasteiger partial charge on any atom is 0.341 e. The highest BCUT2D eigenvalue weighted by Crippen LogP contribution is 2.30. The summed E-state index contributed by atoms with van der Waals surface area (Å²) >= 11 is 3.78. The maximum atomic E-state index is 13.3. The van der Waals surface area contributed by atoms with Gasteiger partial charge in [0, 0.05) is 14.2 Å². The van der Waals surface area contributed by atoms with Crippen LogP contribution < -0.4 is 4.74 Å². The van der Waals surface area contributed by atoms with Gasteiger partial charge in [0.1, 0.15) is 17.4 Å². The van der Waals surface area contributed by atoms with Gasteiger partial charge in [0.05, 0.1) is 0 Å². The standard InChI is InChI=1S/C23H17F2IO3S/c24-17-5-1-15(2-6-17)20(16-3-7-18(25)8-4-16)11-12-30-22-10-9-19(13-21(22)26)29-14-23(27)28/h1-11,13H,12,14H2,(H,27,28). The van der Waals surface area contributed by atoms with Gasteiger partial charge in [0.25, 0.3) is 0 Å². The number of aliphatic carboxylic acids is 1. The van der Waals surface area contributed by atoms with Crippen LogP contribution in [0.1, 0.15) is 11.1 Å². The van der Waals surface area contributed by atoms with Crippen molar-refractivity contribution in [2.24, 2.45) is 0 Å². The van der Waals surface area contributed by atoms with E-state index in [0.717, 1.165) is 25.2 Å². The summed E-state index contributed by atoms with van der Waals surface area (Å²) in [6.07, 6.45) is 2.02. The van der Waals surface area contributed by atoms with Gasteiger partial charge in [0.15, 0.2) is 6.61 Å². The molecule has 0 amide bonds. The van der Waals surface area contributed by atoms with Crippen LogP contribution in [-0.2, 0) is 4.79 Å². The average Bonchev–Trinajstić information content (AvgIpc) is 2.72. The third-order valence-electron chi connectivity index (χ3n) is 4.10. The third kappa shape index (κ3) is 6.30. The molecular weight excluding hydrogens is 521 g/mol. The molecule has 3 aromatic carbocycles. The lowest BCUT2D eigenvalue weighted by atomic mass is 9.98. The van der Waals surface area contributed by atoms with Crippen LogP contribution in [0.2, 0.25) is 0 Å². The second-order valence-electron chi connectivity index (χ2n) is 6.22. The summed E-state index contributed by atoms with van der Waals surface area (Å²) in [5.41, 5.74) is 2.57. The Morgan fingerprint density at radius 1 is 0.967 bits per heavy atom. The maximum absolute atomic E-state index is 13.3. The van der Waals surface area contributed by atoms with E-state index in [1.807, 2.05) is 12.1 Å². The molecule has 0 aliphatic heterocycles. The van der Waals surface area contributed by atoms with E-state index in [2.05, 4.69) is 22.6 Å². The first kappa shape index (κ1) is 22.3. The van der Waals surface area contributed by atoms with Crippen molar-refractivity contribution in [2.75, 3.05) is 12.4 Å². The fourth-order valence-electron chi connectivity index (χ4n) is 2.71. The second-order valence-corrected chi connectivity index (χ2v) is 8.44. The first-order chi connectivity index (χ1) is 14.4. The molecule has 3 rings (SSSR count). The molecule has 0 spiro atoms. The van der Waals surface area contributed by atoms with Crippen LogP contribution in [-0.4, -0.2) is 23.4 Å². The Bertz CT molecular complexity index is 1000. The highest BCUT2D eigenvalue weighted by molar-refractivity contribution is 14.1. The average molecular weight is 538 g/mol. The van der Waals surface area contributed by atoms with Crippen molar-refractivity contribution in [3.63, 3.8) is 0 Å². The number of thioether (sulfide) groups is 1. The molecule has 7 heteroatoms. The Labute approximate surface area is 190 Å². The molecule has 1 N–H and O–H groups in total. The SMILES string of the molecule is O=C(O)COc1ccc(SCC=C(c2ccc(F)cc2)c2ccc(F)cc2)c(I)c1. The lowest BCUT2D eigenvalue weighted by molar-refractivity contribution is -0.139. The van der Waals surface area contributed by atoms with Crippen LogP contribution in [0.3, 0.4) is 0 Å². The van der Waals surface area contributed by atoms with Gasteiger partial charge in [-0.25, -0.2) is 13.6 Å². The van der Waals surface area contributed by atoms with Crippen LogP contribution in [0.5, 0.6) is 5.75 Å². The van der Waals surface area contributed by atoms with E-state index >= 15 is 0 Å². The molecule has 3 aromatic rings. The topological polar surface area (TPSA) is 46.5 Å². The van der Waals surface area contributed by atoms with Gasteiger partial charge >= 0.3 is 5.97 Å². The number of rotatable bonds is 8. The first-order valence-corrected chi connectivity index (χ1v) is 11.0. The van der Waals surface area contributed by atoms with Crippen molar-refractivity contribution in [3.05, 3.63) is 99.1 Å².